The van der Waals surface area contributed by atoms with Crippen LogP contribution in [0.3, 0.4) is 0 Å². The first-order valence-electron chi connectivity index (χ1n) is 4.35. The SMILES string of the molecule is CC=O.c1ccc2c(c1)CCC2. The number of fused-ring (bicyclic) bond motifs is 1. The first-order chi connectivity index (χ1) is 5.88. The molecule has 0 bridgehead atoms. The molecule has 12 heavy (non-hydrogen) atoms. The quantitative estimate of drug-likeness (QED) is 0.535. The summed E-state index contributed by atoms with van der Waals surface area (Å²) in [4.78, 5) is 8.81. The summed E-state index contributed by atoms with van der Waals surface area (Å²) in [5.41, 5.74) is 3.13. The average molecular weight is 162 g/mol. The van der Waals surface area contributed by atoms with Crippen LogP contribution in [0, 0.1) is 0 Å². The molecule has 0 atom stereocenters. The number of aryl methyl sites for hydroxylation is 2. The van der Waals surface area contributed by atoms with Gasteiger partial charge in [-0.25, -0.2) is 0 Å². The number of carbonyl (C=O) groups excluding carboxylic acids is 1. The number of aldehydes is 1. The van der Waals surface area contributed by atoms with Crippen LogP contribution in [0.1, 0.15) is 24.5 Å². The molecule has 0 radical (unpaired) electrons. The van der Waals surface area contributed by atoms with Crippen molar-refractivity contribution in [1.29, 1.82) is 0 Å². The van der Waals surface area contributed by atoms with Crippen LogP contribution in [0.4, 0.5) is 0 Å². The van der Waals surface area contributed by atoms with E-state index in [9.17, 15) is 0 Å². The van der Waals surface area contributed by atoms with Crippen LogP contribution in [0.15, 0.2) is 24.3 Å². The van der Waals surface area contributed by atoms with Gasteiger partial charge in [-0.05, 0) is 37.3 Å². The van der Waals surface area contributed by atoms with Crippen molar-refractivity contribution in [3.8, 4) is 0 Å². The van der Waals surface area contributed by atoms with E-state index >= 15 is 0 Å². The molecule has 0 spiro atoms. The fourth-order valence-electron chi connectivity index (χ4n) is 1.51. The fourth-order valence-corrected chi connectivity index (χ4v) is 1.51. The molecule has 2 rings (SSSR count). The van der Waals surface area contributed by atoms with Crippen molar-refractivity contribution < 1.29 is 4.79 Å². The third-order valence-electron chi connectivity index (χ3n) is 2.01. The third-order valence-corrected chi connectivity index (χ3v) is 2.01. The Morgan fingerprint density at radius 1 is 1.17 bits per heavy atom. The van der Waals surface area contributed by atoms with E-state index in [1.807, 2.05) is 0 Å². The van der Waals surface area contributed by atoms with Crippen LogP contribution in [0.5, 0.6) is 0 Å². The molecule has 0 saturated carbocycles. The Morgan fingerprint density at radius 2 is 1.58 bits per heavy atom. The molecule has 0 aliphatic heterocycles. The summed E-state index contributed by atoms with van der Waals surface area (Å²) < 4.78 is 0. The molecule has 0 N–H and O–H groups in total. The number of hydrogen-bond donors (Lipinski definition) is 0. The van der Waals surface area contributed by atoms with Crippen molar-refractivity contribution in [2.45, 2.75) is 26.2 Å². The van der Waals surface area contributed by atoms with E-state index in [-0.39, 0.29) is 0 Å². The van der Waals surface area contributed by atoms with Crippen molar-refractivity contribution in [3.05, 3.63) is 35.4 Å². The van der Waals surface area contributed by atoms with Crippen LogP contribution >= 0.6 is 0 Å². The Bertz CT molecular complexity index is 230. The summed E-state index contributed by atoms with van der Waals surface area (Å²) in [6, 6.07) is 8.74. The van der Waals surface area contributed by atoms with Crippen molar-refractivity contribution in [3.63, 3.8) is 0 Å². The lowest BCUT2D eigenvalue weighted by atomic mass is 10.1. The van der Waals surface area contributed by atoms with E-state index in [1.54, 1.807) is 11.1 Å². The molecule has 0 heterocycles. The summed E-state index contributed by atoms with van der Waals surface area (Å²) in [7, 11) is 0. The Hall–Kier alpha value is -1.11. The van der Waals surface area contributed by atoms with Gasteiger partial charge in [-0.3, -0.25) is 0 Å². The van der Waals surface area contributed by atoms with Gasteiger partial charge in [0.25, 0.3) is 0 Å². The maximum absolute atomic E-state index is 8.81. The molecule has 64 valence electrons. The lowest BCUT2D eigenvalue weighted by Gasteiger charge is -1.93. The highest BCUT2D eigenvalue weighted by Crippen LogP contribution is 2.20. The largest absolute Gasteiger partial charge is 0.304 e. The van der Waals surface area contributed by atoms with Gasteiger partial charge >= 0.3 is 0 Å². The maximum Gasteiger partial charge on any atom is 0.116 e. The fraction of sp³-hybridized carbons (Fsp3) is 0.364. The standard InChI is InChI=1S/C9H10.C2H4O/c1-2-5-9-7-3-6-8(9)4-1;1-2-3/h1-2,4-5H,3,6-7H2;2H,1H3. The maximum atomic E-state index is 8.81. The Labute approximate surface area is 73.4 Å². The summed E-state index contributed by atoms with van der Waals surface area (Å²) in [6.07, 6.45) is 4.71. The summed E-state index contributed by atoms with van der Waals surface area (Å²) in [5.74, 6) is 0. The van der Waals surface area contributed by atoms with Crippen LogP contribution in [0.2, 0.25) is 0 Å². The first kappa shape index (κ1) is 8.98. The molecule has 0 unspecified atom stereocenters. The smallest absolute Gasteiger partial charge is 0.116 e. The van der Waals surface area contributed by atoms with Gasteiger partial charge in [0.05, 0.1) is 0 Å². The number of carbonyl (C=O) groups is 1. The number of rotatable bonds is 0. The highest BCUT2D eigenvalue weighted by atomic mass is 16.1. The molecule has 1 aromatic carbocycles. The second-order valence-electron chi connectivity index (χ2n) is 2.86. The van der Waals surface area contributed by atoms with Gasteiger partial charge in [0.15, 0.2) is 0 Å². The van der Waals surface area contributed by atoms with Crippen LogP contribution in [-0.4, -0.2) is 6.29 Å². The van der Waals surface area contributed by atoms with Crippen molar-refractivity contribution in [2.24, 2.45) is 0 Å². The van der Waals surface area contributed by atoms with Crippen LogP contribution in [-0.2, 0) is 17.6 Å². The molecule has 0 aromatic heterocycles. The average Bonchev–Trinajstić information content (AvgIpc) is 2.52. The van der Waals surface area contributed by atoms with Gasteiger partial charge in [0.2, 0.25) is 0 Å². The minimum Gasteiger partial charge on any atom is -0.304 e. The zero-order valence-electron chi connectivity index (χ0n) is 7.42. The van der Waals surface area contributed by atoms with E-state index in [2.05, 4.69) is 24.3 Å². The molecule has 1 heteroatoms. The van der Waals surface area contributed by atoms with Crippen LogP contribution in [0.25, 0.3) is 0 Å². The van der Waals surface area contributed by atoms with E-state index in [0.717, 1.165) is 6.29 Å². The predicted octanol–water partition coefficient (Wildman–Crippen LogP) is 2.38. The lowest BCUT2D eigenvalue weighted by molar-refractivity contribution is -0.106. The van der Waals surface area contributed by atoms with Crippen LogP contribution < -0.4 is 0 Å². The normalized spacial score (nSPS) is 12.8. The van der Waals surface area contributed by atoms with Gasteiger partial charge in [-0.2, -0.15) is 0 Å². The monoisotopic (exact) mass is 162 g/mol. The van der Waals surface area contributed by atoms with Gasteiger partial charge in [-0.15, -0.1) is 0 Å². The highest BCUT2D eigenvalue weighted by Gasteiger charge is 2.07. The minimum absolute atomic E-state index is 0.750. The Morgan fingerprint density at radius 3 is 2.00 bits per heavy atom. The summed E-state index contributed by atoms with van der Waals surface area (Å²) in [6.45, 7) is 1.44. The van der Waals surface area contributed by atoms with E-state index in [0.29, 0.717) is 0 Å². The topological polar surface area (TPSA) is 17.1 Å². The minimum atomic E-state index is 0.750. The second kappa shape index (κ2) is 4.70. The highest BCUT2D eigenvalue weighted by molar-refractivity contribution is 5.44. The first-order valence-corrected chi connectivity index (χ1v) is 4.35. The van der Waals surface area contributed by atoms with Gasteiger partial charge in [0.1, 0.15) is 6.29 Å². The molecule has 1 aromatic rings. The molecule has 1 aliphatic rings. The number of hydrogen-bond acceptors (Lipinski definition) is 1. The summed E-state index contributed by atoms with van der Waals surface area (Å²) in [5, 5.41) is 0. The van der Waals surface area contributed by atoms with Gasteiger partial charge < -0.3 is 4.79 Å². The lowest BCUT2D eigenvalue weighted by Crippen LogP contribution is -1.77. The van der Waals surface area contributed by atoms with Crippen molar-refractivity contribution >= 4 is 6.29 Å². The Kier molecular flexibility index (Phi) is 3.52. The molecular formula is C11H14O. The molecule has 1 nitrogen and oxygen atoms in total. The van der Waals surface area contributed by atoms with Crippen molar-refractivity contribution in [1.82, 2.24) is 0 Å². The molecule has 0 saturated heterocycles. The molecule has 0 fully saturated rings. The molecular weight excluding hydrogens is 148 g/mol. The molecule has 1 aliphatic carbocycles. The predicted molar refractivity (Wildman–Crippen MR) is 50.2 cm³/mol. The third kappa shape index (κ3) is 2.19. The number of benzene rings is 1. The van der Waals surface area contributed by atoms with E-state index < -0.39 is 0 Å². The second-order valence-corrected chi connectivity index (χ2v) is 2.86. The Balaban J connectivity index is 0.000000213. The zero-order chi connectivity index (χ0) is 8.81. The van der Waals surface area contributed by atoms with Gasteiger partial charge in [-0.1, -0.05) is 24.3 Å². The van der Waals surface area contributed by atoms with E-state index in [4.69, 9.17) is 4.79 Å². The van der Waals surface area contributed by atoms with Gasteiger partial charge in [0, 0.05) is 0 Å². The van der Waals surface area contributed by atoms with Crippen molar-refractivity contribution in [2.75, 3.05) is 0 Å². The summed E-state index contributed by atoms with van der Waals surface area (Å²) >= 11 is 0. The zero-order valence-corrected chi connectivity index (χ0v) is 7.42. The van der Waals surface area contributed by atoms with E-state index in [1.165, 1.54) is 26.2 Å². The molecule has 0 amide bonds.